The van der Waals surface area contributed by atoms with Crippen molar-refractivity contribution in [1.29, 1.82) is 0 Å². The van der Waals surface area contributed by atoms with Crippen LogP contribution in [-0.4, -0.2) is 31.5 Å². The van der Waals surface area contributed by atoms with Crippen molar-refractivity contribution < 1.29 is 14.3 Å². The lowest BCUT2D eigenvalue weighted by Crippen LogP contribution is -2.36. The maximum Gasteiger partial charge on any atom is 0.258 e. The molecule has 2 N–H and O–H groups in total. The van der Waals surface area contributed by atoms with Crippen LogP contribution in [-0.2, 0) is 9.59 Å². The molecular formula is C19H19ClN2O3. The third kappa shape index (κ3) is 7.54. The first kappa shape index (κ1) is 18.5. The number of hydrogen-bond acceptors (Lipinski definition) is 3. The standard InChI is InChI=1S/C19H19ClN2O3/c20-16-7-9-17(10-8-16)25-14-19(24)22-13-12-21-18(23)11-6-15-4-2-1-3-5-15/h1-11H,12-14H2,(H,21,23)(H,22,24)/b11-6+. The van der Waals surface area contributed by atoms with Crippen LogP contribution in [0.25, 0.3) is 6.08 Å². The highest BCUT2D eigenvalue weighted by Crippen LogP contribution is 2.15. The van der Waals surface area contributed by atoms with E-state index in [1.807, 2.05) is 30.3 Å². The van der Waals surface area contributed by atoms with Crippen LogP contribution in [0.2, 0.25) is 5.02 Å². The topological polar surface area (TPSA) is 67.4 Å². The molecule has 0 aromatic heterocycles. The third-order valence-electron chi connectivity index (χ3n) is 3.16. The van der Waals surface area contributed by atoms with Gasteiger partial charge in [0, 0.05) is 24.2 Å². The average Bonchev–Trinajstić information content (AvgIpc) is 2.64. The Morgan fingerprint density at radius 3 is 2.36 bits per heavy atom. The van der Waals surface area contributed by atoms with Crippen molar-refractivity contribution in [3.8, 4) is 5.75 Å². The summed E-state index contributed by atoms with van der Waals surface area (Å²) in [5.74, 6) is 0.0958. The normalized spacial score (nSPS) is 10.4. The fourth-order valence-electron chi connectivity index (χ4n) is 1.91. The maximum absolute atomic E-state index is 11.7. The van der Waals surface area contributed by atoms with Gasteiger partial charge in [-0.3, -0.25) is 9.59 Å². The van der Waals surface area contributed by atoms with Crippen molar-refractivity contribution in [3.05, 3.63) is 71.3 Å². The Labute approximate surface area is 151 Å². The zero-order valence-corrected chi connectivity index (χ0v) is 14.3. The number of hydrogen-bond donors (Lipinski definition) is 2. The van der Waals surface area contributed by atoms with Crippen LogP contribution >= 0.6 is 11.6 Å². The van der Waals surface area contributed by atoms with Gasteiger partial charge in [-0.25, -0.2) is 0 Å². The second-order valence-corrected chi connectivity index (χ2v) is 5.56. The number of carbonyl (C=O) groups is 2. The maximum atomic E-state index is 11.7. The van der Waals surface area contributed by atoms with Crippen LogP contribution in [0.1, 0.15) is 5.56 Å². The van der Waals surface area contributed by atoms with E-state index in [0.717, 1.165) is 5.56 Å². The van der Waals surface area contributed by atoms with Gasteiger partial charge in [0.15, 0.2) is 6.61 Å². The predicted molar refractivity (Wildman–Crippen MR) is 98.4 cm³/mol. The number of ether oxygens (including phenoxy) is 1. The van der Waals surface area contributed by atoms with Gasteiger partial charge < -0.3 is 15.4 Å². The highest BCUT2D eigenvalue weighted by molar-refractivity contribution is 6.30. The summed E-state index contributed by atoms with van der Waals surface area (Å²) < 4.78 is 5.32. The Hall–Kier alpha value is -2.79. The molecule has 0 spiro atoms. The predicted octanol–water partition coefficient (Wildman–Crippen LogP) is 2.66. The third-order valence-corrected chi connectivity index (χ3v) is 3.41. The summed E-state index contributed by atoms with van der Waals surface area (Å²) in [6.07, 6.45) is 3.19. The molecule has 2 amide bonds. The molecule has 2 aromatic carbocycles. The first-order valence-electron chi connectivity index (χ1n) is 7.79. The molecule has 0 aliphatic heterocycles. The molecule has 0 heterocycles. The summed E-state index contributed by atoms with van der Waals surface area (Å²) in [5, 5.41) is 5.96. The number of nitrogens with one attached hydrogen (secondary N) is 2. The SMILES string of the molecule is O=C(/C=C/c1ccccc1)NCCNC(=O)COc1ccc(Cl)cc1. The molecular weight excluding hydrogens is 340 g/mol. The van der Waals surface area contributed by atoms with Crippen molar-refractivity contribution in [3.63, 3.8) is 0 Å². The largest absolute Gasteiger partial charge is 0.484 e. The molecule has 0 aliphatic rings. The van der Waals surface area contributed by atoms with Gasteiger partial charge in [-0.2, -0.15) is 0 Å². The molecule has 0 bridgehead atoms. The van der Waals surface area contributed by atoms with E-state index in [4.69, 9.17) is 16.3 Å². The average molecular weight is 359 g/mol. The lowest BCUT2D eigenvalue weighted by atomic mass is 10.2. The summed E-state index contributed by atoms with van der Waals surface area (Å²) in [6.45, 7) is 0.571. The van der Waals surface area contributed by atoms with Crippen molar-refractivity contribution in [2.45, 2.75) is 0 Å². The fourth-order valence-corrected chi connectivity index (χ4v) is 2.04. The van der Waals surface area contributed by atoms with Gasteiger partial charge in [-0.1, -0.05) is 41.9 Å². The molecule has 0 radical (unpaired) electrons. The molecule has 2 rings (SSSR count). The quantitative estimate of drug-likeness (QED) is 0.563. The summed E-state index contributed by atoms with van der Waals surface area (Å²) in [4.78, 5) is 23.3. The Balaban J connectivity index is 1.58. The molecule has 0 saturated carbocycles. The van der Waals surface area contributed by atoms with Crippen LogP contribution in [0, 0.1) is 0 Å². The van der Waals surface area contributed by atoms with Crippen molar-refractivity contribution >= 4 is 29.5 Å². The minimum absolute atomic E-state index is 0.0938. The molecule has 2 aromatic rings. The molecule has 0 unspecified atom stereocenters. The van der Waals surface area contributed by atoms with E-state index in [2.05, 4.69) is 10.6 Å². The minimum atomic E-state index is -0.260. The van der Waals surface area contributed by atoms with E-state index in [0.29, 0.717) is 23.9 Å². The van der Waals surface area contributed by atoms with E-state index >= 15 is 0 Å². The van der Waals surface area contributed by atoms with Gasteiger partial charge in [0.2, 0.25) is 5.91 Å². The number of halogens is 1. The van der Waals surface area contributed by atoms with Crippen molar-refractivity contribution in [2.75, 3.05) is 19.7 Å². The molecule has 5 nitrogen and oxygen atoms in total. The van der Waals surface area contributed by atoms with Crippen LogP contribution in [0.4, 0.5) is 0 Å². The van der Waals surface area contributed by atoms with Crippen LogP contribution < -0.4 is 15.4 Å². The fraction of sp³-hybridized carbons (Fsp3) is 0.158. The van der Waals surface area contributed by atoms with Gasteiger partial charge >= 0.3 is 0 Å². The van der Waals surface area contributed by atoms with Crippen LogP contribution in [0.5, 0.6) is 5.75 Å². The van der Waals surface area contributed by atoms with Crippen molar-refractivity contribution in [1.82, 2.24) is 10.6 Å². The highest BCUT2D eigenvalue weighted by Gasteiger charge is 2.02. The second-order valence-electron chi connectivity index (χ2n) is 5.13. The lowest BCUT2D eigenvalue weighted by molar-refractivity contribution is -0.123. The molecule has 0 fully saturated rings. The minimum Gasteiger partial charge on any atom is -0.484 e. The molecule has 0 aliphatic carbocycles. The summed E-state index contributed by atoms with van der Waals surface area (Å²) >= 11 is 5.77. The first-order chi connectivity index (χ1) is 12.1. The van der Waals surface area contributed by atoms with Crippen LogP contribution in [0.15, 0.2) is 60.7 Å². The number of amides is 2. The van der Waals surface area contributed by atoms with E-state index in [1.165, 1.54) is 6.08 Å². The van der Waals surface area contributed by atoms with Gasteiger partial charge in [0.1, 0.15) is 5.75 Å². The Morgan fingerprint density at radius 2 is 1.64 bits per heavy atom. The Kier molecular flexibility index (Phi) is 7.53. The molecule has 25 heavy (non-hydrogen) atoms. The van der Waals surface area contributed by atoms with E-state index in [1.54, 1.807) is 30.3 Å². The smallest absolute Gasteiger partial charge is 0.258 e. The summed E-state index contributed by atoms with van der Waals surface area (Å²) in [5.41, 5.74) is 0.949. The van der Waals surface area contributed by atoms with Gasteiger partial charge in [0.25, 0.3) is 5.91 Å². The second kappa shape index (κ2) is 10.2. The Bertz CT molecular complexity index is 715. The van der Waals surface area contributed by atoms with Gasteiger partial charge in [0.05, 0.1) is 0 Å². The van der Waals surface area contributed by atoms with Gasteiger partial charge in [-0.15, -0.1) is 0 Å². The summed E-state index contributed by atoms with van der Waals surface area (Å²) in [6, 6.07) is 16.3. The Morgan fingerprint density at radius 1 is 0.960 bits per heavy atom. The zero-order valence-electron chi connectivity index (χ0n) is 13.6. The molecule has 6 heteroatoms. The van der Waals surface area contributed by atoms with Gasteiger partial charge in [-0.05, 0) is 35.9 Å². The monoisotopic (exact) mass is 358 g/mol. The zero-order chi connectivity index (χ0) is 17.9. The molecule has 0 atom stereocenters. The molecule has 130 valence electrons. The van der Waals surface area contributed by atoms with E-state index in [-0.39, 0.29) is 18.4 Å². The van der Waals surface area contributed by atoms with Crippen molar-refractivity contribution in [2.24, 2.45) is 0 Å². The van der Waals surface area contributed by atoms with Crippen LogP contribution in [0.3, 0.4) is 0 Å². The van der Waals surface area contributed by atoms with E-state index < -0.39 is 0 Å². The first-order valence-corrected chi connectivity index (χ1v) is 8.17. The lowest BCUT2D eigenvalue weighted by Gasteiger charge is -2.08. The summed E-state index contributed by atoms with van der Waals surface area (Å²) in [7, 11) is 0. The number of rotatable bonds is 8. The van der Waals surface area contributed by atoms with E-state index in [9.17, 15) is 9.59 Å². The highest BCUT2D eigenvalue weighted by atomic mass is 35.5. The number of benzene rings is 2. The molecule has 0 saturated heterocycles. The number of carbonyl (C=O) groups excluding carboxylic acids is 2.